The number of hydrogen-bond acceptors (Lipinski definition) is 4. The fourth-order valence-corrected chi connectivity index (χ4v) is 4.83. The van der Waals surface area contributed by atoms with Crippen LogP contribution in [0.3, 0.4) is 0 Å². The van der Waals surface area contributed by atoms with Gasteiger partial charge in [0.15, 0.2) is 5.11 Å². The van der Waals surface area contributed by atoms with Crippen molar-refractivity contribution >= 4 is 28.9 Å². The zero-order valence-electron chi connectivity index (χ0n) is 19.3. The molecule has 1 saturated heterocycles. The Kier molecular flexibility index (Phi) is 6.54. The maximum Gasteiger partial charge on any atom is 0.226 e. The zero-order chi connectivity index (χ0) is 24.2. The molecule has 0 bridgehead atoms. The van der Waals surface area contributed by atoms with E-state index < -0.39 is 0 Å². The topological polar surface area (TPSA) is 75.1 Å². The number of pyridine rings is 2. The summed E-state index contributed by atoms with van der Waals surface area (Å²) in [6.45, 7) is 2.47. The minimum atomic E-state index is -0.158. The lowest BCUT2D eigenvalue weighted by atomic mass is 10.0. The van der Waals surface area contributed by atoms with Crippen LogP contribution >= 0.6 is 12.2 Å². The van der Waals surface area contributed by atoms with Crippen LogP contribution in [0.2, 0.25) is 0 Å². The Hall–Kier alpha value is -4.04. The summed E-state index contributed by atoms with van der Waals surface area (Å²) in [6, 6.07) is 21.4. The molecule has 3 aromatic heterocycles. The van der Waals surface area contributed by atoms with Crippen LogP contribution in [0.1, 0.15) is 35.5 Å². The van der Waals surface area contributed by atoms with Crippen LogP contribution in [0.4, 0.5) is 5.69 Å². The maximum absolute atomic E-state index is 12.8. The Balaban J connectivity index is 1.43. The molecular weight excluding hydrogens is 456 g/mol. The predicted molar refractivity (Wildman–Crippen MR) is 140 cm³/mol. The largest absolute Gasteiger partial charge is 0.352 e. The Morgan fingerprint density at radius 1 is 1.09 bits per heavy atom. The van der Waals surface area contributed by atoms with Gasteiger partial charge in [0.2, 0.25) is 5.91 Å². The van der Waals surface area contributed by atoms with Crippen molar-refractivity contribution in [2.75, 3.05) is 11.9 Å². The van der Waals surface area contributed by atoms with E-state index >= 15 is 0 Å². The van der Waals surface area contributed by atoms with E-state index in [4.69, 9.17) is 12.2 Å². The third-order valence-corrected chi connectivity index (χ3v) is 6.44. The minimum absolute atomic E-state index is 0.0546. The third kappa shape index (κ3) is 4.93. The van der Waals surface area contributed by atoms with Crippen LogP contribution in [0.15, 0.2) is 91.5 Å². The molecule has 7 nitrogen and oxygen atoms in total. The van der Waals surface area contributed by atoms with Crippen molar-refractivity contribution in [3.63, 3.8) is 0 Å². The highest BCUT2D eigenvalue weighted by Crippen LogP contribution is 2.39. The molecule has 1 aromatic carbocycles. The number of aryl methyl sites for hydroxylation is 1. The highest BCUT2D eigenvalue weighted by atomic mass is 32.1. The molecule has 0 saturated carbocycles. The summed E-state index contributed by atoms with van der Waals surface area (Å²) in [5.74, 6) is -0.0546. The molecule has 176 valence electrons. The van der Waals surface area contributed by atoms with E-state index in [0.29, 0.717) is 18.1 Å². The Morgan fingerprint density at radius 3 is 2.77 bits per heavy atom. The molecular formula is C27H26N6OS. The third-order valence-electron chi connectivity index (χ3n) is 6.09. The van der Waals surface area contributed by atoms with E-state index in [1.54, 1.807) is 12.4 Å². The first-order chi connectivity index (χ1) is 17.1. The molecule has 0 unspecified atom stereocenters. The van der Waals surface area contributed by atoms with Crippen LogP contribution in [0, 0.1) is 6.92 Å². The molecule has 1 aliphatic rings. The lowest BCUT2D eigenvalue weighted by molar-refractivity contribution is -0.116. The number of hydrogen-bond donors (Lipinski definition) is 2. The van der Waals surface area contributed by atoms with Gasteiger partial charge in [-0.3, -0.25) is 14.8 Å². The number of anilines is 1. The number of carbonyl (C=O) groups excluding carboxylic acids is 1. The average molecular weight is 483 g/mol. The van der Waals surface area contributed by atoms with E-state index in [2.05, 4.69) is 36.1 Å². The summed E-state index contributed by atoms with van der Waals surface area (Å²) < 4.78 is 2.11. The smallest absolute Gasteiger partial charge is 0.226 e. The number of amides is 1. The van der Waals surface area contributed by atoms with Crippen molar-refractivity contribution < 1.29 is 4.79 Å². The predicted octanol–water partition coefficient (Wildman–Crippen LogP) is 4.58. The number of nitrogens with one attached hydrogen (secondary N) is 2. The quantitative estimate of drug-likeness (QED) is 0.376. The van der Waals surface area contributed by atoms with Crippen LogP contribution in [0.25, 0.3) is 5.69 Å². The molecule has 0 aliphatic carbocycles. The molecule has 2 atom stereocenters. The standard InChI is InChI=1S/C27H26N6OS/c1-19-7-4-8-20(17-19)30-24(34)12-16-33-26(25(31-27(33)35)22-10-2-3-14-29-22)23-11-6-15-32(23)21-9-5-13-28-18-21/h2-11,13-15,17-18,25-26H,12,16H2,1H3,(H,30,34)(H,31,35)/t25-,26-/m0/s1. The summed E-state index contributed by atoms with van der Waals surface area (Å²) in [5, 5.41) is 7.05. The second kappa shape index (κ2) is 10.1. The Morgan fingerprint density at radius 2 is 2.00 bits per heavy atom. The van der Waals surface area contributed by atoms with Gasteiger partial charge >= 0.3 is 0 Å². The molecule has 2 N–H and O–H groups in total. The monoisotopic (exact) mass is 482 g/mol. The van der Waals surface area contributed by atoms with Gasteiger partial charge in [-0.05, 0) is 73.2 Å². The van der Waals surface area contributed by atoms with E-state index in [0.717, 1.165) is 28.3 Å². The highest BCUT2D eigenvalue weighted by molar-refractivity contribution is 7.80. The lowest BCUT2D eigenvalue weighted by Crippen LogP contribution is -2.33. The summed E-state index contributed by atoms with van der Waals surface area (Å²) in [4.78, 5) is 23.8. The van der Waals surface area contributed by atoms with Gasteiger partial charge in [0.05, 0.1) is 29.7 Å². The molecule has 4 aromatic rings. The van der Waals surface area contributed by atoms with Gasteiger partial charge in [0.25, 0.3) is 0 Å². The molecule has 0 radical (unpaired) electrons. The summed E-state index contributed by atoms with van der Waals surface area (Å²) in [7, 11) is 0. The summed E-state index contributed by atoms with van der Waals surface area (Å²) >= 11 is 5.76. The van der Waals surface area contributed by atoms with Gasteiger partial charge in [0, 0.05) is 42.9 Å². The van der Waals surface area contributed by atoms with Gasteiger partial charge in [-0.1, -0.05) is 18.2 Å². The van der Waals surface area contributed by atoms with Gasteiger partial charge in [-0.15, -0.1) is 0 Å². The van der Waals surface area contributed by atoms with Crippen molar-refractivity contribution in [1.29, 1.82) is 0 Å². The number of thiocarbonyl (C=S) groups is 1. The fraction of sp³-hybridized carbons (Fsp3) is 0.185. The first-order valence-electron chi connectivity index (χ1n) is 11.5. The van der Waals surface area contributed by atoms with Crippen molar-refractivity contribution in [3.05, 3.63) is 108 Å². The number of benzene rings is 1. The fourth-order valence-electron chi connectivity index (χ4n) is 4.50. The molecule has 1 fully saturated rings. The van der Waals surface area contributed by atoms with Gasteiger partial charge in [-0.25, -0.2) is 0 Å². The van der Waals surface area contributed by atoms with Crippen LogP contribution in [-0.2, 0) is 4.79 Å². The number of carbonyl (C=O) groups is 1. The molecule has 4 heterocycles. The van der Waals surface area contributed by atoms with Crippen molar-refractivity contribution in [2.24, 2.45) is 0 Å². The minimum Gasteiger partial charge on any atom is -0.352 e. The van der Waals surface area contributed by atoms with Gasteiger partial charge < -0.3 is 20.1 Å². The first kappa shape index (κ1) is 22.7. The van der Waals surface area contributed by atoms with Crippen LogP contribution in [0.5, 0.6) is 0 Å². The van der Waals surface area contributed by atoms with Gasteiger partial charge in [0.1, 0.15) is 0 Å². The molecule has 0 spiro atoms. The molecule has 5 rings (SSSR count). The van der Waals surface area contributed by atoms with E-state index in [1.807, 2.05) is 80.0 Å². The second-order valence-corrected chi connectivity index (χ2v) is 8.89. The van der Waals surface area contributed by atoms with Gasteiger partial charge in [-0.2, -0.15) is 0 Å². The molecule has 35 heavy (non-hydrogen) atoms. The van der Waals surface area contributed by atoms with Crippen molar-refractivity contribution in [1.82, 2.24) is 24.8 Å². The second-order valence-electron chi connectivity index (χ2n) is 8.50. The summed E-state index contributed by atoms with van der Waals surface area (Å²) in [6.07, 6.45) is 7.70. The van der Waals surface area contributed by atoms with Crippen LogP contribution < -0.4 is 10.6 Å². The molecule has 1 aliphatic heterocycles. The lowest BCUT2D eigenvalue weighted by Gasteiger charge is -2.28. The van der Waals surface area contributed by atoms with Crippen molar-refractivity contribution in [2.45, 2.75) is 25.4 Å². The Labute approximate surface area is 209 Å². The average Bonchev–Trinajstić information content (AvgIpc) is 3.48. The Bertz CT molecular complexity index is 1320. The zero-order valence-corrected chi connectivity index (χ0v) is 20.2. The van der Waals surface area contributed by atoms with E-state index in [9.17, 15) is 4.79 Å². The van der Waals surface area contributed by atoms with E-state index in [-0.39, 0.29) is 18.0 Å². The number of rotatable bonds is 7. The SMILES string of the molecule is Cc1cccc(NC(=O)CCN2C(=S)N[C@@H](c3ccccn3)[C@@H]2c2cccn2-c2cccnc2)c1. The number of aromatic nitrogens is 3. The number of nitrogens with zero attached hydrogens (tertiary/aromatic N) is 4. The summed E-state index contributed by atoms with van der Waals surface area (Å²) in [5.41, 5.74) is 4.79. The normalized spacial score (nSPS) is 17.3. The molecule has 1 amide bonds. The van der Waals surface area contributed by atoms with Crippen LogP contribution in [-0.4, -0.2) is 37.0 Å². The van der Waals surface area contributed by atoms with E-state index in [1.165, 1.54) is 0 Å². The van der Waals surface area contributed by atoms with Crippen molar-refractivity contribution in [3.8, 4) is 5.69 Å². The maximum atomic E-state index is 12.8. The highest BCUT2D eigenvalue weighted by Gasteiger charge is 2.41. The first-order valence-corrected chi connectivity index (χ1v) is 11.9. The molecule has 8 heteroatoms.